The summed E-state index contributed by atoms with van der Waals surface area (Å²) in [6.45, 7) is 1.48. The molecule has 0 spiro atoms. The van der Waals surface area contributed by atoms with Gasteiger partial charge in [0.15, 0.2) is 0 Å². The number of sulfonamides is 1. The second kappa shape index (κ2) is 8.79. The quantitative estimate of drug-likeness (QED) is 0.521. The zero-order chi connectivity index (χ0) is 19.2. The number of halogens is 1. The molecule has 7 nitrogen and oxygen atoms in total. The summed E-state index contributed by atoms with van der Waals surface area (Å²) in [4.78, 5) is 10.4. The summed E-state index contributed by atoms with van der Waals surface area (Å²) in [6, 6.07) is 13.3. The van der Waals surface area contributed by atoms with Gasteiger partial charge in [0.05, 0.1) is 21.3 Å². The molecule has 0 fully saturated rings. The van der Waals surface area contributed by atoms with Crippen LogP contribution in [0, 0.1) is 0 Å². The van der Waals surface area contributed by atoms with Gasteiger partial charge in [-0.2, -0.15) is 5.10 Å². The molecule has 0 aliphatic carbocycles. The van der Waals surface area contributed by atoms with Crippen LogP contribution in [0.3, 0.4) is 0 Å². The maximum atomic E-state index is 12.2. The predicted octanol–water partition coefficient (Wildman–Crippen LogP) is 1.59. The van der Waals surface area contributed by atoms with Gasteiger partial charge in [0.1, 0.15) is 0 Å². The summed E-state index contributed by atoms with van der Waals surface area (Å²) in [5, 5.41) is 15.1. The van der Waals surface area contributed by atoms with E-state index < -0.39 is 22.4 Å². The van der Waals surface area contributed by atoms with E-state index in [1.807, 2.05) is 6.07 Å². The molecule has 2 aromatic rings. The van der Waals surface area contributed by atoms with Crippen molar-refractivity contribution in [3.05, 3.63) is 59.1 Å². The van der Waals surface area contributed by atoms with Gasteiger partial charge in [0, 0.05) is 18.9 Å². The Hall–Kier alpha value is -2.42. The number of hydrazone groups is 1. The van der Waals surface area contributed by atoms with Crippen molar-refractivity contribution in [1.82, 2.24) is 4.72 Å². The Morgan fingerprint density at radius 2 is 1.92 bits per heavy atom. The third-order valence-electron chi connectivity index (χ3n) is 3.40. The average molecular weight is 395 g/mol. The van der Waals surface area contributed by atoms with Crippen molar-refractivity contribution in [1.29, 1.82) is 0 Å². The summed E-state index contributed by atoms with van der Waals surface area (Å²) in [5.74, 6) is -1.32. The minimum atomic E-state index is -3.82. The first kappa shape index (κ1) is 19.9. The van der Waals surface area contributed by atoms with Crippen molar-refractivity contribution in [3.63, 3.8) is 0 Å². The number of carboxylic acid groups (broad SMARTS) is 1. The molecule has 0 heterocycles. The minimum Gasteiger partial charge on any atom is -0.550 e. The highest BCUT2D eigenvalue weighted by atomic mass is 35.5. The Morgan fingerprint density at radius 1 is 1.19 bits per heavy atom. The van der Waals surface area contributed by atoms with E-state index in [4.69, 9.17) is 11.6 Å². The molecule has 0 atom stereocenters. The van der Waals surface area contributed by atoms with Gasteiger partial charge in [-0.1, -0.05) is 35.9 Å². The first-order valence-corrected chi connectivity index (χ1v) is 9.50. The van der Waals surface area contributed by atoms with Crippen LogP contribution in [-0.2, 0) is 14.8 Å². The van der Waals surface area contributed by atoms with Crippen LogP contribution in [0.15, 0.2) is 58.5 Å². The lowest BCUT2D eigenvalue weighted by atomic mass is 10.1. The summed E-state index contributed by atoms with van der Waals surface area (Å²) in [5.41, 5.74) is 4.60. The molecule has 2 aromatic carbocycles. The van der Waals surface area contributed by atoms with E-state index in [-0.39, 0.29) is 11.4 Å². The minimum absolute atomic E-state index is 0.0145. The third kappa shape index (κ3) is 5.55. The maximum absolute atomic E-state index is 12.2. The second-order valence-corrected chi connectivity index (χ2v) is 7.51. The van der Waals surface area contributed by atoms with E-state index in [2.05, 4.69) is 15.2 Å². The Balaban J connectivity index is 2.16. The van der Waals surface area contributed by atoms with Crippen LogP contribution in [0.2, 0.25) is 5.02 Å². The molecule has 0 bridgehead atoms. The number of nitrogens with one attached hydrogen (secondary N) is 2. The molecule has 0 unspecified atom stereocenters. The monoisotopic (exact) mass is 394 g/mol. The number of carboxylic acids is 1. The Labute approximate surface area is 156 Å². The molecule has 2 N–H and O–H groups in total. The largest absolute Gasteiger partial charge is 0.550 e. The van der Waals surface area contributed by atoms with Crippen molar-refractivity contribution in [2.24, 2.45) is 5.10 Å². The van der Waals surface area contributed by atoms with E-state index in [0.29, 0.717) is 22.0 Å². The number of nitrogens with zero attached hydrogens (tertiary/aromatic N) is 1. The number of para-hydroxylation sites is 1. The highest BCUT2D eigenvalue weighted by Gasteiger charge is 2.14. The molecule has 9 heteroatoms. The number of carbonyl (C=O) groups excluding carboxylic acids is 1. The van der Waals surface area contributed by atoms with Crippen LogP contribution in [-0.4, -0.2) is 26.6 Å². The van der Waals surface area contributed by atoms with Crippen molar-refractivity contribution in [2.75, 3.05) is 12.0 Å². The molecule has 0 aliphatic heterocycles. The van der Waals surface area contributed by atoms with Crippen LogP contribution < -0.4 is 15.3 Å². The highest BCUT2D eigenvalue weighted by molar-refractivity contribution is 7.89. The molecule has 26 heavy (non-hydrogen) atoms. The molecular formula is C17H17ClN3O4S-. The first-order chi connectivity index (χ1) is 12.3. The standard InChI is InChI=1S/C17H18ClN3O4S/c1-12(20-21-16-8-3-2-7-15(16)18)13-5-4-6-14(11-13)26(24,25)19-10-9-17(22)23/h2-8,11,19,21H,9-10H2,1H3,(H,22,23)/p-1/b20-12-. The van der Waals surface area contributed by atoms with E-state index in [0.717, 1.165) is 0 Å². The van der Waals surface area contributed by atoms with Crippen LogP contribution >= 0.6 is 11.6 Å². The number of aliphatic carboxylic acids is 1. The van der Waals surface area contributed by atoms with Gasteiger partial charge in [0.25, 0.3) is 0 Å². The predicted molar refractivity (Wildman–Crippen MR) is 98.5 cm³/mol. The topological polar surface area (TPSA) is 111 Å². The van der Waals surface area contributed by atoms with Gasteiger partial charge < -0.3 is 9.90 Å². The fourth-order valence-electron chi connectivity index (χ4n) is 2.02. The van der Waals surface area contributed by atoms with Crippen molar-refractivity contribution < 1.29 is 18.3 Å². The highest BCUT2D eigenvalue weighted by Crippen LogP contribution is 2.20. The number of carbonyl (C=O) groups is 1. The molecule has 0 amide bonds. The lowest BCUT2D eigenvalue weighted by Crippen LogP contribution is -2.31. The van der Waals surface area contributed by atoms with Crippen molar-refractivity contribution in [2.45, 2.75) is 18.2 Å². The third-order valence-corrected chi connectivity index (χ3v) is 5.19. The lowest BCUT2D eigenvalue weighted by molar-refractivity contribution is -0.305. The number of hydrogen-bond donors (Lipinski definition) is 2. The van der Waals surface area contributed by atoms with Crippen LogP contribution in [0.1, 0.15) is 18.9 Å². The summed E-state index contributed by atoms with van der Waals surface area (Å²) in [7, 11) is -3.82. The molecule has 2 rings (SSSR count). The average Bonchev–Trinajstić information content (AvgIpc) is 2.60. The second-order valence-electron chi connectivity index (χ2n) is 5.34. The fraction of sp³-hybridized carbons (Fsp3) is 0.176. The van der Waals surface area contributed by atoms with Gasteiger partial charge >= 0.3 is 0 Å². The zero-order valence-electron chi connectivity index (χ0n) is 13.9. The normalized spacial score (nSPS) is 12.0. The fourth-order valence-corrected chi connectivity index (χ4v) is 3.27. The van der Waals surface area contributed by atoms with E-state index in [9.17, 15) is 18.3 Å². The molecule has 0 aliphatic rings. The van der Waals surface area contributed by atoms with E-state index >= 15 is 0 Å². The first-order valence-electron chi connectivity index (χ1n) is 7.64. The molecule has 0 saturated heterocycles. The number of anilines is 1. The summed E-state index contributed by atoms with van der Waals surface area (Å²) < 4.78 is 26.6. The Kier molecular flexibility index (Phi) is 6.73. The van der Waals surface area contributed by atoms with Crippen molar-refractivity contribution in [3.8, 4) is 0 Å². The zero-order valence-corrected chi connectivity index (χ0v) is 15.5. The number of benzene rings is 2. The number of rotatable bonds is 8. The smallest absolute Gasteiger partial charge is 0.240 e. The Morgan fingerprint density at radius 3 is 2.62 bits per heavy atom. The van der Waals surface area contributed by atoms with Gasteiger partial charge in [0.2, 0.25) is 10.0 Å². The lowest BCUT2D eigenvalue weighted by Gasteiger charge is -2.09. The van der Waals surface area contributed by atoms with Crippen LogP contribution in [0.4, 0.5) is 5.69 Å². The van der Waals surface area contributed by atoms with Gasteiger partial charge in [-0.05, 0) is 36.8 Å². The molecule has 0 saturated carbocycles. The van der Waals surface area contributed by atoms with Gasteiger partial charge in [-0.25, -0.2) is 13.1 Å². The number of hydrogen-bond acceptors (Lipinski definition) is 6. The molecule has 0 aromatic heterocycles. The van der Waals surface area contributed by atoms with Crippen LogP contribution in [0.5, 0.6) is 0 Å². The van der Waals surface area contributed by atoms with Gasteiger partial charge in [-0.3, -0.25) is 5.43 Å². The van der Waals surface area contributed by atoms with E-state index in [1.54, 1.807) is 37.3 Å². The molecule has 138 valence electrons. The SMILES string of the molecule is C/C(=N/Nc1ccccc1Cl)c1cccc(S(=O)(=O)NCCC(=O)[O-])c1. The van der Waals surface area contributed by atoms with Crippen LogP contribution in [0.25, 0.3) is 0 Å². The summed E-state index contributed by atoms with van der Waals surface area (Å²) in [6.07, 6.45) is -0.402. The molecule has 0 radical (unpaired) electrons. The Bertz CT molecular complexity index is 929. The van der Waals surface area contributed by atoms with E-state index in [1.165, 1.54) is 12.1 Å². The summed E-state index contributed by atoms with van der Waals surface area (Å²) >= 11 is 6.04. The maximum Gasteiger partial charge on any atom is 0.240 e. The van der Waals surface area contributed by atoms with Crippen molar-refractivity contribution >= 4 is 39.0 Å². The molecular weight excluding hydrogens is 378 g/mol. The van der Waals surface area contributed by atoms with Gasteiger partial charge in [-0.15, -0.1) is 0 Å².